The summed E-state index contributed by atoms with van der Waals surface area (Å²) in [5.41, 5.74) is 1.97. The van der Waals surface area contributed by atoms with Crippen LogP contribution in [0.25, 0.3) is 10.9 Å². The summed E-state index contributed by atoms with van der Waals surface area (Å²) in [5.74, 6) is 0.905. The number of halogens is 1. The van der Waals surface area contributed by atoms with Gasteiger partial charge in [0.15, 0.2) is 0 Å². The van der Waals surface area contributed by atoms with E-state index < -0.39 is 0 Å². The Labute approximate surface area is 117 Å². The predicted molar refractivity (Wildman–Crippen MR) is 77.0 cm³/mol. The second-order valence-corrected chi connectivity index (χ2v) is 4.72. The molecule has 0 bridgehead atoms. The van der Waals surface area contributed by atoms with Crippen molar-refractivity contribution in [2.45, 2.75) is 25.3 Å². The average molecular weight is 281 g/mol. The normalized spacial score (nSPS) is 13.9. The Kier molecular flexibility index (Phi) is 4.00. The van der Waals surface area contributed by atoms with E-state index in [0.29, 0.717) is 12.5 Å². The average Bonchev–Trinajstić information content (AvgIpc) is 3.09. The molecule has 0 radical (unpaired) electrons. The van der Waals surface area contributed by atoms with E-state index in [1.54, 1.807) is 7.11 Å². The zero-order valence-corrected chi connectivity index (χ0v) is 11.5. The number of aromatic nitrogens is 1. The molecule has 1 aromatic heterocycles. The van der Waals surface area contributed by atoms with Gasteiger partial charge in [0.25, 0.3) is 0 Å². The number of carbonyl (C=O) groups is 1. The summed E-state index contributed by atoms with van der Waals surface area (Å²) < 4.78 is 5.29. The van der Waals surface area contributed by atoms with E-state index in [-0.39, 0.29) is 18.3 Å². The minimum atomic E-state index is 0. The van der Waals surface area contributed by atoms with Crippen molar-refractivity contribution in [3.05, 3.63) is 30.0 Å². The topological polar surface area (TPSA) is 54.1 Å². The molecule has 5 heteroatoms. The third-order valence-electron chi connectivity index (χ3n) is 3.28. The van der Waals surface area contributed by atoms with Gasteiger partial charge in [-0.05, 0) is 24.5 Å². The first-order valence-corrected chi connectivity index (χ1v) is 6.20. The molecule has 0 aliphatic heterocycles. The van der Waals surface area contributed by atoms with E-state index in [9.17, 15) is 4.79 Å². The lowest BCUT2D eigenvalue weighted by molar-refractivity contribution is -0.120. The molecule has 0 spiro atoms. The molecule has 1 amide bonds. The fourth-order valence-electron chi connectivity index (χ4n) is 2.18. The molecule has 1 heterocycles. The first kappa shape index (κ1) is 13.7. The number of methoxy groups -OCH3 is 1. The lowest BCUT2D eigenvalue weighted by Gasteiger charge is -2.03. The van der Waals surface area contributed by atoms with Crippen LogP contribution in [0.3, 0.4) is 0 Å². The maximum atomic E-state index is 11.8. The first-order chi connectivity index (χ1) is 8.78. The maximum Gasteiger partial charge on any atom is 0.224 e. The van der Waals surface area contributed by atoms with Crippen LogP contribution in [0.2, 0.25) is 0 Å². The summed E-state index contributed by atoms with van der Waals surface area (Å²) in [4.78, 5) is 15.0. The maximum absolute atomic E-state index is 11.8. The fraction of sp³-hybridized carbons (Fsp3) is 0.357. The number of aromatic amines is 1. The van der Waals surface area contributed by atoms with E-state index in [2.05, 4.69) is 10.3 Å². The van der Waals surface area contributed by atoms with Gasteiger partial charge in [0.2, 0.25) is 5.91 Å². The summed E-state index contributed by atoms with van der Waals surface area (Å²) in [5, 5.41) is 4.06. The Bertz CT molecular complexity index is 590. The quantitative estimate of drug-likeness (QED) is 0.904. The molecule has 1 saturated carbocycles. The number of ether oxygens (including phenoxy) is 1. The molecule has 0 atom stereocenters. The van der Waals surface area contributed by atoms with Crippen LogP contribution in [0.1, 0.15) is 18.4 Å². The van der Waals surface area contributed by atoms with E-state index in [4.69, 9.17) is 4.74 Å². The van der Waals surface area contributed by atoms with E-state index in [1.165, 1.54) is 0 Å². The van der Waals surface area contributed by atoms with Crippen LogP contribution in [0.15, 0.2) is 24.4 Å². The Morgan fingerprint density at radius 2 is 2.26 bits per heavy atom. The molecule has 102 valence electrons. The molecular formula is C14H17ClN2O2. The van der Waals surface area contributed by atoms with E-state index in [0.717, 1.165) is 35.1 Å². The molecule has 1 aliphatic carbocycles. The Hall–Kier alpha value is -1.68. The smallest absolute Gasteiger partial charge is 0.224 e. The van der Waals surface area contributed by atoms with E-state index in [1.807, 2.05) is 24.4 Å². The molecule has 2 aromatic rings. The fourth-order valence-corrected chi connectivity index (χ4v) is 2.18. The number of amides is 1. The standard InChI is InChI=1S/C14H16N2O2.ClH/c1-18-12-4-2-3-11-9(8-15-14(11)12)7-13(17)16-10-5-6-10;/h2-4,8,10,15H,5-7H2,1H3,(H,16,17);1H. The van der Waals surface area contributed by atoms with Crippen molar-refractivity contribution in [1.29, 1.82) is 0 Å². The van der Waals surface area contributed by atoms with E-state index >= 15 is 0 Å². The van der Waals surface area contributed by atoms with Gasteiger partial charge in [0.05, 0.1) is 19.0 Å². The summed E-state index contributed by atoms with van der Waals surface area (Å²) in [7, 11) is 1.65. The third kappa shape index (κ3) is 2.84. The zero-order valence-electron chi connectivity index (χ0n) is 10.7. The van der Waals surface area contributed by atoms with Crippen LogP contribution in [-0.4, -0.2) is 24.0 Å². The van der Waals surface area contributed by atoms with Crippen LogP contribution in [0, 0.1) is 0 Å². The third-order valence-corrected chi connectivity index (χ3v) is 3.28. The van der Waals surface area contributed by atoms with Crippen molar-refractivity contribution in [2.75, 3.05) is 7.11 Å². The number of carbonyl (C=O) groups excluding carboxylic acids is 1. The summed E-state index contributed by atoms with van der Waals surface area (Å²) >= 11 is 0. The summed E-state index contributed by atoms with van der Waals surface area (Å²) in [6, 6.07) is 6.27. The largest absolute Gasteiger partial charge is 0.495 e. The Balaban J connectivity index is 0.00000133. The van der Waals surface area contributed by atoms with Gasteiger partial charge in [0.1, 0.15) is 5.75 Å². The molecule has 0 unspecified atom stereocenters. The lowest BCUT2D eigenvalue weighted by atomic mass is 10.1. The molecule has 3 rings (SSSR count). The molecule has 1 aliphatic rings. The van der Waals surface area contributed by atoms with Crippen molar-refractivity contribution in [3.8, 4) is 5.75 Å². The summed E-state index contributed by atoms with van der Waals surface area (Å²) in [6.07, 6.45) is 4.55. The second-order valence-electron chi connectivity index (χ2n) is 4.72. The molecule has 4 nitrogen and oxygen atoms in total. The van der Waals surface area contributed by atoms with Gasteiger partial charge in [-0.1, -0.05) is 12.1 Å². The van der Waals surface area contributed by atoms with Crippen molar-refractivity contribution in [3.63, 3.8) is 0 Å². The second kappa shape index (κ2) is 5.53. The lowest BCUT2D eigenvalue weighted by Crippen LogP contribution is -2.26. The van der Waals surface area contributed by atoms with Gasteiger partial charge in [-0.15, -0.1) is 12.4 Å². The Morgan fingerprint density at radius 1 is 1.47 bits per heavy atom. The number of H-pyrrole nitrogens is 1. The van der Waals surface area contributed by atoms with Crippen molar-refractivity contribution in [1.82, 2.24) is 10.3 Å². The minimum absolute atomic E-state index is 0. The molecular weight excluding hydrogens is 264 g/mol. The highest BCUT2D eigenvalue weighted by Crippen LogP contribution is 2.27. The van der Waals surface area contributed by atoms with Crippen LogP contribution in [-0.2, 0) is 11.2 Å². The van der Waals surface area contributed by atoms with Crippen LogP contribution in [0.5, 0.6) is 5.75 Å². The molecule has 2 N–H and O–H groups in total. The monoisotopic (exact) mass is 280 g/mol. The molecule has 19 heavy (non-hydrogen) atoms. The number of fused-ring (bicyclic) bond motifs is 1. The molecule has 1 fully saturated rings. The van der Waals surface area contributed by atoms with Crippen molar-refractivity contribution in [2.24, 2.45) is 0 Å². The van der Waals surface area contributed by atoms with Gasteiger partial charge >= 0.3 is 0 Å². The number of para-hydroxylation sites is 1. The van der Waals surface area contributed by atoms with Gasteiger partial charge in [0, 0.05) is 17.6 Å². The highest BCUT2D eigenvalue weighted by atomic mass is 35.5. The molecule has 1 aromatic carbocycles. The van der Waals surface area contributed by atoms with Gasteiger partial charge in [-0.25, -0.2) is 0 Å². The van der Waals surface area contributed by atoms with Gasteiger partial charge < -0.3 is 15.0 Å². The van der Waals surface area contributed by atoms with Gasteiger partial charge in [-0.3, -0.25) is 4.79 Å². The SMILES string of the molecule is COc1cccc2c(CC(=O)NC3CC3)c[nH]c12.Cl. The number of hydrogen-bond acceptors (Lipinski definition) is 2. The molecule has 0 saturated heterocycles. The number of hydrogen-bond donors (Lipinski definition) is 2. The predicted octanol–water partition coefficient (Wildman–Crippen LogP) is 2.42. The van der Waals surface area contributed by atoms with Crippen molar-refractivity contribution >= 4 is 29.2 Å². The van der Waals surface area contributed by atoms with Crippen LogP contribution >= 0.6 is 12.4 Å². The number of rotatable bonds is 4. The number of nitrogens with one attached hydrogen (secondary N) is 2. The summed E-state index contributed by atoms with van der Waals surface area (Å²) in [6.45, 7) is 0. The van der Waals surface area contributed by atoms with Crippen LogP contribution < -0.4 is 10.1 Å². The first-order valence-electron chi connectivity index (χ1n) is 6.20. The van der Waals surface area contributed by atoms with Gasteiger partial charge in [-0.2, -0.15) is 0 Å². The van der Waals surface area contributed by atoms with Crippen molar-refractivity contribution < 1.29 is 9.53 Å². The highest BCUT2D eigenvalue weighted by Gasteiger charge is 2.23. The van der Waals surface area contributed by atoms with Crippen LogP contribution in [0.4, 0.5) is 0 Å². The highest BCUT2D eigenvalue weighted by molar-refractivity contribution is 5.92. The zero-order chi connectivity index (χ0) is 12.5. The Morgan fingerprint density at radius 3 is 2.95 bits per heavy atom. The number of benzene rings is 1. The minimum Gasteiger partial charge on any atom is -0.495 e.